The molecule has 0 radical (unpaired) electrons. The van der Waals surface area contributed by atoms with Crippen LogP contribution in [0.15, 0.2) is 24.7 Å². The zero-order valence-electron chi connectivity index (χ0n) is 13.4. The first-order chi connectivity index (χ1) is 10.6. The van der Waals surface area contributed by atoms with Crippen LogP contribution in [0.3, 0.4) is 0 Å². The second-order valence-corrected chi connectivity index (χ2v) is 6.06. The summed E-state index contributed by atoms with van der Waals surface area (Å²) in [7, 11) is 3.89. The highest BCUT2D eigenvalue weighted by atomic mass is 15.2. The van der Waals surface area contributed by atoms with Gasteiger partial charge in [0.05, 0.1) is 0 Å². The first-order valence-electron chi connectivity index (χ1n) is 7.62. The first-order valence-corrected chi connectivity index (χ1v) is 7.62. The van der Waals surface area contributed by atoms with Crippen LogP contribution in [-0.4, -0.2) is 52.0 Å². The zero-order valence-corrected chi connectivity index (χ0v) is 13.4. The van der Waals surface area contributed by atoms with E-state index in [2.05, 4.69) is 24.8 Å². The molecule has 1 fully saturated rings. The fourth-order valence-corrected chi connectivity index (χ4v) is 2.77. The third kappa shape index (κ3) is 3.39. The van der Waals surface area contributed by atoms with Crippen molar-refractivity contribution in [1.29, 1.82) is 0 Å². The van der Waals surface area contributed by atoms with E-state index in [1.807, 2.05) is 50.6 Å². The maximum absolute atomic E-state index is 4.56. The van der Waals surface area contributed by atoms with Gasteiger partial charge < -0.3 is 4.90 Å². The predicted octanol–water partition coefficient (Wildman–Crippen LogP) is 1.63. The van der Waals surface area contributed by atoms with E-state index in [1.54, 1.807) is 0 Å². The lowest BCUT2D eigenvalue weighted by Gasteiger charge is -2.16. The quantitative estimate of drug-likeness (QED) is 0.855. The molecule has 116 valence electrons. The van der Waals surface area contributed by atoms with Gasteiger partial charge in [-0.15, -0.1) is 0 Å². The van der Waals surface area contributed by atoms with Crippen molar-refractivity contribution in [2.24, 2.45) is 0 Å². The maximum atomic E-state index is 4.56. The molecule has 0 saturated carbocycles. The van der Waals surface area contributed by atoms with Crippen molar-refractivity contribution < 1.29 is 0 Å². The van der Waals surface area contributed by atoms with Crippen molar-refractivity contribution in [3.63, 3.8) is 0 Å². The maximum Gasteiger partial charge on any atom is 0.224 e. The molecule has 0 spiro atoms. The number of anilines is 1. The molecule has 1 aliphatic rings. The lowest BCUT2D eigenvalue weighted by atomic mass is 10.1. The molecule has 1 saturated heterocycles. The Balaban J connectivity index is 1.61. The van der Waals surface area contributed by atoms with Crippen LogP contribution >= 0.6 is 0 Å². The summed E-state index contributed by atoms with van der Waals surface area (Å²) in [4.78, 5) is 22.1. The number of hydrogen-bond acceptors (Lipinski definition) is 6. The van der Waals surface area contributed by atoms with Crippen LogP contribution in [0.1, 0.15) is 29.4 Å². The third-order valence-corrected chi connectivity index (χ3v) is 3.95. The van der Waals surface area contributed by atoms with Crippen LogP contribution in [0.2, 0.25) is 0 Å². The molecule has 0 bridgehead atoms. The zero-order chi connectivity index (χ0) is 15.5. The number of aryl methyl sites for hydroxylation is 1. The lowest BCUT2D eigenvalue weighted by molar-refractivity contribution is 0.325. The SMILES string of the molecule is Cc1ccnc(C2CCN(Cc3cnc(N(C)C)nc3)C2)n1. The molecule has 0 amide bonds. The summed E-state index contributed by atoms with van der Waals surface area (Å²) in [5, 5.41) is 0. The van der Waals surface area contributed by atoms with Gasteiger partial charge in [0.15, 0.2) is 0 Å². The Morgan fingerprint density at radius 3 is 2.68 bits per heavy atom. The van der Waals surface area contributed by atoms with Gasteiger partial charge in [-0.2, -0.15) is 0 Å². The average Bonchev–Trinajstić information content (AvgIpc) is 2.96. The Morgan fingerprint density at radius 2 is 2.00 bits per heavy atom. The highest BCUT2D eigenvalue weighted by molar-refractivity contribution is 5.26. The summed E-state index contributed by atoms with van der Waals surface area (Å²) < 4.78 is 0. The second-order valence-electron chi connectivity index (χ2n) is 6.06. The van der Waals surface area contributed by atoms with Crippen LogP contribution < -0.4 is 4.90 Å². The van der Waals surface area contributed by atoms with Crippen LogP contribution in [0.25, 0.3) is 0 Å². The minimum absolute atomic E-state index is 0.432. The molecule has 0 aromatic carbocycles. The molecular weight excluding hydrogens is 276 g/mol. The van der Waals surface area contributed by atoms with Crippen molar-refractivity contribution in [3.05, 3.63) is 41.7 Å². The molecule has 6 nitrogen and oxygen atoms in total. The molecule has 1 aliphatic heterocycles. The summed E-state index contributed by atoms with van der Waals surface area (Å²) in [5.74, 6) is 2.15. The molecule has 2 aromatic heterocycles. The van der Waals surface area contributed by atoms with Crippen LogP contribution in [0.4, 0.5) is 5.95 Å². The summed E-state index contributed by atoms with van der Waals surface area (Å²) in [5.41, 5.74) is 2.19. The molecule has 6 heteroatoms. The van der Waals surface area contributed by atoms with E-state index in [1.165, 1.54) is 0 Å². The molecular formula is C16H22N6. The minimum Gasteiger partial charge on any atom is -0.347 e. The smallest absolute Gasteiger partial charge is 0.224 e. The largest absolute Gasteiger partial charge is 0.347 e. The Morgan fingerprint density at radius 1 is 1.23 bits per heavy atom. The molecule has 1 atom stereocenters. The number of likely N-dealkylation sites (tertiary alicyclic amines) is 1. The summed E-state index contributed by atoms with van der Waals surface area (Å²) in [6, 6.07) is 1.94. The van der Waals surface area contributed by atoms with Crippen LogP contribution in [0, 0.1) is 6.92 Å². The average molecular weight is 298 g/mol. The van der Waals surface area contributed by atoms with Crippen molar-refractivity contribution in [2.45, 2.75) is 25.8 Å². The Labute approximate surface area is 131 Å². The monoisotopic (exact) mass is 298 g/mol. The molecule has 3 rings (SSSR count). The lowest BCUT2D eigenvalue weighted by Crippen LogP contribution is -2.21. The molecule has 1 unspecified atom stereocenters. The van der Waals surface area contributed by atoms with E-state index in [9.17, 15) is 0 Å². The number of rotatable bonds is 4. The fourth-order valence-electron chi connectivity index (χ4n) is 2.77. The van der Waals surface area contributed by atoms with E-state index in [0.29, 0.717) is 5.92 Å². The number of aromatic nitrogens is 4. The normalized spacial score (nSPS) is 18.6. The summed E-state index contributed by atoms with van der Waals surface area (Å²) in [6.45, 7) is 4.97. The Bertz CT molecular complexity index is 625. The number of hydrogen-bond donors (Lipinski definition) is 0. The molecule has 0 aliphatic carbocycles. The molecule has 2 aromatic rings. The molecule has 0 N–H and O–H groups in total. The number of nitrogens with zero attached hydrogens (tertiary/aromatic N) is 6. The molecule has 22 heavy (non-hydrogen) atoms. The predicted molar refractivity (Wildman–Crippen MR) is 85.8 cm³/mol. The van der Waals surface area contributed by atoms with Gasteiger partial charge in [-0.1, -0.05) is 0 Å². The van der Waals surface area contributed by atoms with Gasteiger partial charge >= 0.3 is 0 Å². The standard InChI is InChI=1S/C16H22N6/c1-12-4-6-17-15(20-12)14-5-7-22(11-14)10-13-8-18-16(19-9-13)21(2)3/h4,6,8-9,14H,5,7,10-11H2,1-3H3. The van der Waals surface area contributed by atoms with Crippen LogP contribution in [0.5, 0.6) is 0 Å². The topological polar surface area (TPSA) is 58.0 Å². The molecule has 3 heterocycles. The van der Waals surface area contributed by atoms with Crippen molar-refractivity contribution in [2.75, 3.05) is 32.1 Å². The fraction of sp³-hybridized carbons (Fsp3) is 0.500. The second kappa shape index (κ2) is 6.36. The van der Waals surface area contributed by atoms with Gasteiger partial charge in [0, 0.05) is 63.0 Å². The van der Waals surface area contributed by atoms with Gasteiger partial charge in [-0.25, -0.2) is 19.9 Å². The van der Waals surface area contributed by atoms with E-state index in [4.69, 9.17) is 0 Å². The summed E-state index contributed by atoms with van der Waals surface area (Å²) >= 11 is 0. The van der Waals surface area contributed by atoms with E-state index >= 15 is 0 Å². The Hall–Kier alpha value is -2.08. The van der Waals surface area contributed by atoms with E-state index < -0.39 is 0 Å². The van der Waals surface area contributed by atoms with Gasteiger partial charge in [0.2, 0.25) is 5.95 Å². The minimum atomic E-state index is 0.432. The highest BCUT2D eigenvalue weighted by Gasteiger charge is 2.26. The van der Waals surface area contributed by atoms with E-state index in [0.717, 1.165) is 49.1 Å². The Kier molecular flexibility index (Phi) is 4.29. The van der Waals surface area contributed by atoms with Gasteiger partial charge in [-0.05, 0) is 26.0 Å². The van der Waals surface area contributed by atoms with Crippen LogP contribution in [-0.2, 0) is 6.54 Å². The van der Waals surface area contributed by atoms with Crippen molar-refractivity contribution in [1.82, 2.24) is 24.8 Å². The highest BCUT2D eigenvalue weighted by Crippen LogP contribution is 2.25. The summed E-state index contributed by atoms with van der Waals surface area (Å²) in [6.07, 6.45) is 6.80. The van der Waals surface area contributed by atoms with Gasteiger partial charge in [0.25, 0.3) is 0 Å². The van der Waals surface area contributed by atoms with Gasteiger partial charge in [0.1, 0.15) is 5.82 Å². The van der Waals surface area contributed by atoms with Gasteiger partial charge in [-0.3, -0.25) is 4.90 Å². The van der Waals surface area contributed by atoms with Crippen molar-refractivity contribution in [3.8, 4) is 0 Å². The van der Waals surface area contributed by atoms with E-state index in [-0.39, 0.29) is 0 Å². The third-order valence-electron chi connectivity index (χ3n) is 3.95. The first kappa shape index (κ1) is 14.8. The van der Waals surface area contributed by atoms with Crippen molar-refractivity contribution >= 4 is 5.95 Å².